The van der Waals surface area contributed by atoms with E-state index in [2.05, 4.69) is 29.1 Å². The van der Waals surface area contributed by atoms with E-state index >= 15 is 0 Å². The van der Waals surface area contributed by atoms with Gasteiger partial charge in [-0.05, 0) is 56.2 Å². The van der Waals surface area contributed by atoms with Crippen LogP contribution in [0.1, 0.15) is 23.4 Å². The molecule has 0 amide bonds. The average Bonchev–Trinajstić information content (AvgIpc) is 3.16. The van der Waals surface area contributed by atoms with Crippen LogP contribution in [0.5, 0.6) is 5.75 Å². The summed E-state index contributed by atoms with van der Waals surface area (Å²) >= 11 is 0. The standard InChI is InChI=1S/C26H31FN6O/c1-5-24-21(7-6-11-29-22-9-8-17(2)13-25(22)34-4)31-26-23(14-18(28)15-33(24)26)30-20-10-12-32(3)16-19(20)27/h5,8-9,13-15,19-20,29-30H,1,10-12,16,28H2,2-4H3/t19-,20+/m0/s1. The molecule has 7 nitrogen and oxygen atoms in total. The maximum Gasteiger partial charge on any atom is 0.162 e. The first-order valence-electron chi connectivity index (χ1n) is 11.3. The Morgan fingerprint density at radius 2 is 2.18 bits per heavy atom. The van der Waals surface area contributed by atoms with Crippen molar-refractivity contribution >= 4 is 28.8 Å². The number of hydrogen-bond acceptors (Lipinski definition) is 6. The largest absolute Gasteiger partial charge is 0.495 e. The van der Waals surface area contributed by atoms with Crippen LogP contribution in [0.3, 0.4) is 0 Å². The zero-order chi connectivity index (χ0) is 24.2. The number of imidazole rings is 1. The molecule has 3 aromatic rings. The van der Waals surface area contributed by atoms with Crippen molar-refractivity contribution in [3.05, 3.63) is 54.0 Å². The van der Waals surface area contributed by atoms with Gasteiger partial charge in [0.05, 0.1) is 42.5 Å². The first-order chi connectivity index (χ1) is 16.4. The molecule has 1 aromatic carbocycles. The van der Waals surface area contributed by atoms with E-state index in [4.69, 9.17) is 15.5 Å². The van der Waals surface area contributed by atoms with E-state index in [0.717, 1.165) is 29.2 Å². The highest BCUT2D eigenvalue weighted by Gasteiger charge is 2.28. The monoisotopic (exact) mass is 462 g/mol. The van der Waals surface area contributed by atoms with Crippen molar-refractivity contribution < 1.29 is 9.13 Å². The van der Waals surface area contributed by atoms with E-state index < -0.39 is 6.17 Å². The number of piperidine rings is 1. The van der Waals surface area contributed by atoms with Gasteiger partial charge in [0.25, 0.3) is 0 Å². The van der Waals surface area contributed by atoms with Crippen LogP contribution in [0, 0.1) is 18.8 Å². The van der Waals surface area contributed by atoms with Gasteiger partial charge in [-0.3, -0.25) is 4.40 Å². The highest BCUT2D eigenvalue weighted by molar-refractivity contribution is 5.76. The van der Waals surface area contributed by atoms with Gasteiger partial charge in [0.1, 0.15) is 17.6 Å². The molecule has 3 heterocycles. The molecular weight excluding hydrogens is 431 g/mol. The maximum absolute atomic E-state index is 14.6. The van der Waals surface area contributed by atoms with Crippen molar-refractivity contribution in [1.29, 1.82) is 0 Å². The van der Waals surface area contributed by atoms with Gasteiger partial charge < -0.3 is 26.0 Å². The fraction of sp³-hybridized carbons (Fsp3) is 0.346. The van der Waals surface area contributed by atoms with Crippen LogP contribution >= 0.6 is 0 Å². The minimum absolute atomic E-state index is 0.297. The summed E-state index contributed by atoms with van der Waals surface area (Å²) in [6.07, 6.45) is 3.22. The van der Waals surface area contributed by atoms with Gasteiger partial charge >= 0.3 is 0 Å². The van der Waals surface area contributed by atoms with Crippen molar-refractivity contribution in [3.8, 4) is 17.6 Å². The summed E-state index contributed by atoms with van der Waals surface area (Å²) in [6, 6.07) is 7.45. The smallest absolute Gasteiger partial charge is 0.162 e. The summed E-state index contributed by atoms with van der Waals surface area (Å²) in [6.45, 7) is 7.59. The van der Waals surface area contributed by atoms with Crippen molar-refractivity contribution in [2.75, 3.05) is 50.2 Å². The summed E-state index contributed by atoms with van der Waals surface area (Å²) in [5.74, 6) is 7.02. The van der Waals surface area contributed by atoms with E-state index in [1.54, 1.807) is 25.4 Å². The van der Waals surface area contributed by atoms with Gasteiger partial charge in [0.15, 0.2) is 5.65 Å². The van der Waals surface area contributed by atoms with Crippen LogP contribution in [-0.4, -0.2) is 60.3 Å². The highest BCUT2D eigenvalue weighted by atomic mass is 19.1. The number of anilines is 3. The predicted octanol–water partition coefficient (Wildman–Crippen LogP) is 3.79. The van der Waals surface area contributed by atoms with E-state index in [1.807, 2.05) is 41.5 Å². The summed E-state index contributed by atoms with van der Waals surface area (Å²) in [5.41, 5.74) is 11.4. The Hall–Kier alpha value is -3.70. The van der Waals surface area contributed by atoms with Crippen LogP contribution in [0.15, 0.2) is 37.0 Å². The van der Waals surface area contributed by atoms with E-state index in [-0.39, 0.29) is 6.04 Å². The highest BCUT2D eigenvalue weighted by Crippen LogP contribution is 2.27. The average molecular weight is 463 g/mol. The minimum Gasteiger partial charge on any atom is -0.495 e. The van der Waals surface area contributed by atoms with Crippen LogP contribution < -0.4 is 21.1 Å². The summed E-state index contributed by atoms with van der Waals surface area (Å²) in [4.78, 5) is 6.73. The SMILES string of the molecule is C=Cc1c(C#CCNc2ccc(C)cc2OC)nc2c(N[C@@H]3CCN(C)C[C@@H]3F)cc(N)cn12. The molecule has 1 aliphatic heterocycles. The van der Waals surface area contributed by atoms with Gasteiger partial charge in [0.2, 0.25) is 0 Å². The Morgan fingerprint density at radius 1 is 1.35 bits per heavy atom. The molecule has 34 heavy (non-hydrogen) atoms. The molecule has 4 rings (SSSR count). The summed E-state index contributed by atoms with van der Waals surface area (Å²) < 4.78 is 21.9. The Morgan fingerprint density at radius 3 is 2.91 bits per heavy atom. The molecule has 0 bridgehead atoms. The molecule has 2 atom stereocenters. The lowest BCUT2D eigenvalue weighted by Crippen LogP contribution is -2.46. The number of likely N-dealkylation sites (tertiary alicyclic amines) is 1. The number of fused-ring (bicyclic) bond motifs is 1. The number of methoxy groups -OCH3 is 1. The number of pyridine rings is 1. The molecule has 0 aliphatic carbocycles. The number of benzene rings is 1. The molecule has 2 aromatic heterocycles. The first kappa shape index (κ1) is 23.5. The minimum atomic E-state index is -0.974. The van der Waals surface area contributed by atoms with Gasteiger partial charge in [0, 0.05) is 19.3 Å². The molecule has 1 aliphatic rings. The number of alkyl halides is 1. The topological polar surface area (TPSA) is 79.8 Å². The van der Waals surface area contributed by atoms with Crippen LogP contribution in [-0.2, 0) is 0 Å². The molecule has 1 fully saturated rings. The van der Waals surface area contributed by atoms with Crippen LogP contribution in [0.25, 0.3) is 11.7 Å². The number of halogens is 1. The number of aryl methyl sites for hydroxylation is 1. The molecule has 178 valence electrons. The van der Waals surface area contributed by atoms with Gasteiger partial charge in [-0.15, -0.1) is 0 Å². The second kappa shape index (κ2) is 10.1. The molecule has 8 heteroatoms. The number of aromatic nitrogens is 2. The quantitative estimate of drug-likeness (QED) is 0.484. The van der Waals surface area contributed by atoms with Crippen molar-refractivity contribution in [1.82, 2.24) is 14.3 Å². The lowest BCUT2D eigenvalue weighted by atomic mass is 10.0. The van der Waals surface area contributed by atoms with Crippen LogP contribution in [0.2, 0.25) is 0 Å². The van der Waals surface area contributed by atoms with E-state index in [0.29, 0.717) is 42.2 Å². The molecule has 4 N–H and O–H groups in total. The van der Waals surface area contributed by atoms with Gasteiger partial charge in [-0.1, -0.05) is 18.6 Å². The molecule has 0 unspecified atom stereocenters. The van der Waals surface area contributed by atoms with Crippen molar-refractivity contribution in [3.63, 3.8) is 0 Å². The second-order valence-electron chi connectivity index (χ2n) is 8.61. The Kier molecular flexibility index (Phi) is 6.94. The number of nitrogens with zero attached hydrogens (tertiary/aromatic N) is 3. The number of nitrogens with two attached hydrogens (primary N) is 1. The lowest BCUT2D eigenvalue weighted by Gasteiger charge is -2.33. The zero-order valence-corrected chi connectivity index (χ0v) is 19.9. The molecule has 0 spiro atoms. The van der Waals surface area contributed by atoms with Crippen molar-refractivity contribution in [2.45, 2.75) is 25.6 Å². The third-order valence-corrected chi connectivity index (χ3v) is 5.99. The third kappa shape index (κ3) is 4.95. The van der Waals surface area contributed by atoms with Crippen LogP contribution in [0.4, 0.5) is 21.5 Å². The summed E-state index contributed by atoms with van der Waals surface area (Å²) in [7, 11) is 3.58. The first-order valence-corrected chi connectivity index (χ1v) is 11.3. The number of nitrogens with one attached hydrogen (secondary N) is 2. The number of nitrogen functional groups attached to an aromatic ring is 1. The lowest BCUT2D eigenvalue weighted by molar-refractivity contribution is 0.149. The Bertz CT molecular complexity index is 1260. The van der Waals surface area contributed by atoms with E-state index in [9.17, 15) is 4.39 Å². The Balaban J connectivity index is 1.58. The zero-order valence-electron chi connectivity index (χ0n) is 19.9. The number of ether oxygens (including phenoxy) is 1. The van der Waals surface area contributed by atoms with Crippen molar-refractivity contribution in [2.24, 2.45) is 0 Å². The van der Waals surface area contributed by atoms with Gasteiger partial charge in [-0.25, -0.2) is 9.37 Å². The normalized spacial score (nSPS) is 18.2. The molecule has 1 saturated heterocycles. The molecule has 0 saturated carbocycles. The molecular formula is C26H31FN6O. The number of hydrogen-bond donors (Lipinski definition) is 3. The fourth-order valence-electron chi connectivity index (χ4n) is 4.21. The maximum atomic E-state index is 14.6. The van der Waals surface area contributed by atoms with Gasteiger partial charge in [-0.2, -0.15) is 0 Å². The third-order valence-electron chi connectivity index (χ3n) is 5.99. The fourth-order valence-corrected chi connectivity index (χ4v) is 4.21. The van der Waals surface area contributed by atoms with E-state index in [1.165, 1.54) is 0 Å². The predicted molar refractivity (Wildman–Crippen MR) is 137 cm³/mol. The second-order valence-corrected chi connectivity index (χ2v) is 8.61. The Labute approximate surface area is 199 Å². The molecule has 0 radical (unpaired) electrons. The number of rotatable bonds is 6. The summed E-state index contributed by atoms with van der Waals surface area (Å²) in [5, 5.41) is 6.61.